The molecule has 6 heteroatoms. The van der Waals surface area contributed by atoms with Crippen LogP contribution in [0.4, 0.5) is 4.39 Å². The number of pyridine rings is 1. The van der Waals surface area contributed by atoms with Crippen LogP contribution in [0.3, 0.4) is 0 Å². The lowest BCUT2D eigenvalue weighted by molar-refractivity contribution is 0.0687. The zero-order valence-corrected chi connectivity index (χ0v) is 14.2. The van der Waals surface area contributed by atoms with Crippen LogP contribution in [0.5, 0.6) is 0 Å². The molecule has 0 unspecified atom stereocenters. The van der Waals surface area contributed by atoms with E-state index in [-0.39, 0.29) is 22.9 Å². The molecule has 1 aliphatic heterocycles. The third-order valence-electron chi connectivity index (χ3n) is 5.32. The number of piperidine rings is 1. The summed E-state index contributed by atoms with van der Waals surface area (Å²) < 4.78 is 14.1. The quantitative estimate of drug-likeness (QED) is 0.926. The first-order chi connectivity index (χ1) is 11.7. The van der Waals surface area contributed by atoms with Crippen LogP contribution in [-0.4, -0.2) is 34.9 Å². The third-order valence-corrected chi connectivity index (χ3v) is 6.05. The smallest absolute Gasteiger partial charge is 0.257 e. The summed E-state index contributed by atoms with van der Waals surface area (Å²) in [4.78, 5) is 18.7. The Morgan fingerprint density at radius 1 is 1.42 bits per heavy atom. The van der Waals surface area contributed by atoms with Crippen LogP contribution in [0.25, 0.3) is 0 Å². The molecule has 4 nitrogen and oxygen atoms in total. The van der Waals surface area contributed by atoms with Gasteiger partial charge >= 0.3 is 0 Å². The summed E-state index contributed by atoms with van der Waals surface area (Å²) in [7, 11) is 0. The second-order valence-electron chi connectivity index (χ2n) is 6.75. The Morgan fingerprint density at radius 3 is 2.96 bits per heavy atom. The van der Waals surface area contributed by atoms with E-state index in [0.29, 0.717) is 6.54 Å². The van der Waals surface area contributed by atoms with Crippen LogP contribution in [0.2, 0.25) is 0 Å². The number of hydrogen-bond donors (Lipinski definition) is 1. The van der Waals surface area contributed by atoms with Crippen molar-refractivity contribution in [3.63, 3.8) is 0 Å². The molecule has 1 spiro atoms. The molecule has 1 N–H and O–H groups in total. The van der Waals surface area contributed by atoms with Gasteiger partial charge in [-0.3, -0.25) is 9.78 Å². The van der Waals surface area contributed by atoms with Gasteiger partial charge in [0.05, 0.1) is 11.8 Å². The number of aromatic nitrogens is 1. The Labute approximate surface area is 144 Å². The number of hydrogen-bond acceptors (Lipinski definition) is 4. The van der Waals surface area contributed by atoms with Crippen LogP contribution < -0.4 is 5.32 Å². The molecule has 24 heavy (non-hydrogen) atoms. The van der Waals surface area contributed by atoms with Crippen molar-refractivity contribution in [1.29, 1.82) is 0 Å². The van der Waals surface area contributed by atoms with E-state index in [0.717, 1.165) is 44.1 Å². The summed E-state index contributed by atoms with van der Waals surface area (Å²) in [6, 6.07) is 3.72. The standard InChI is InChI=1S/C18H20FN3OS/c19-15-10-21-5-1-14(15)17(23)22(11-13-2-8-24-12-13)16-9-18(16)3-6-20-7-4-18/h1-2,5,8,10,12,16,20H,3-4,6-7,9,11H2/t16-/m1/s1. The van der Waals surface area contributed by atoms with Crippen molar-refractivity contribution in [2.45, 2.75) is 31.8 Å². The van der Waals surface area contributed by atoms with Gasteiger partial charge in [-0.05, 0) is 66.2 Å². The predicted octanol–water partition coefficient (Wildman–Crippen LogP) is 3.07. The minimum absolute atomic E-state index is 0.121. The molecule has 0 radical (unpaired) electrons. The molecule has 126 valence electrons. The molecule has 2 aromatic rings. The number of carbonyl (C=O) groups is 1. The molecule has 2 aliphatic rings. The summed E-state index contributed by atoms with van der Waals surface area (Å²) in [6.45, 7) is 2.55. The lowest BCUT2D eigenvalue weighted by Crippen LogP contribution is -2.39. The number of thiophene rings is 1. The number of rotatable bonds is 4. The molecule has 1 saturated carbocycles. The van der Waals surface area contributed by atoms with Crippen LogP contribution in [0.1, 0.15) is 35.2 Å². The molecule has 1 aliphatic carbocycles. The van der Waals surface area contributed by atoms with Crippen LogP contribution in [0.15, 0.2) is 35.3 Å². The van der Waals surface area contributed by atoms with Crippen molar-refractivity contribution in [1.82, 2.24) is 15.2 Å². The molecule has 3 heterocycles. The monoisotopic (exact) mass is 345 g/mol. The van der Waals surface area contributed by atoms with Gasteiger partial charge in [0, 0.05) is 18.8 Å². The van der Waals surface area contributed by atoms with Gasteiger partial charge in [0.1, 0.15) is 0 Å². The molecule has 0 aromatic carbocycles. The highest BCUT2D eigenvalue weighted by Gasteiger charge is 2.57. The second-order valence-corrected chi connectivity index (χ2v) is 7.53. The largest absolute Gasteiger partial charge is 0.331 e. The van der Waals surface area contributed by atoms with E-state index in [4.69, 9.17) is 0 Å². The molecular formula is C18H20FN3OS. The van der Waals surface area contributed by atoms with Crippen LogP contribution in [0, 0.1) is 11.2 Å². The first-order valence-electron chi connectivity index (χ1n) is 8.32. The molecule has 2 fully saturated rings. The normalized spacial score (nSPS) is 21.6. The van der Waals surface area contributed by atoms with Crippen molar-refractivity contribution in [3.05, 3.63) is 52.2 Å². The fourth-order valence-corrected chi connectivity index (χ4v) is 4.49. The van der Waals surface area contributed by atoms with Gasteiger partial charge in [0.2, 0.25) is 0 Å². The van der Waals surface area contributed by atoms with Crippen molar-refractivity contribution >= 4 is 17.2 Å². The zero-order valence-electron chi connectivity index (χ0n) is 13.4. The Kier molecular flexibility index (Phi) is 4.10. The fraction of sp³-hybridized carbons (Fsp3) is 0.444. The minimum atomic E-state index is -0.544. The Hall–Kier alpha value is -1.79. The van der Waals surface area contributed by atoms with E-state index < -0.39 is 5.82 Å². The summed E-state index contributed by atoms with van der Waals surface area (Å²) in [5, 5.41) is 7.45. The van der Waals surface area contributed by atoms with Gasteiger partial charge in [0.15, 0.2) is 5.82 Å². The van der Waals surface area contributed by atoms with Crippen molar-refractivity contribution in [2.24, 2.45) is 5.41 Å². The van der Waals surface area contributed by atoms with E-state index >= 15 is 0 Å². The van der Waals surface area contributed by atoms with Gasteiger partial charge in [-0.1, -0.05) is 0 Å². The van der Waals surface area contributed by atoms with Gasteiger partial charge in [-0.2, -0.15) is 11.3 Å². The topological polar surface area (TPSA) is 45.2 Å². The summed E-state index contributed by atoms with van der Waals surface area (Å²) in [5.41, 5.74) is 1.45. The first kappa shape index (κ1) is 15.7. The SMILES string of the molecule is O=C(c1ccncc1F)N(Cc1ccsc1)[C@@H]1CC12CCNCC2. The molecule has 4 rings (SSSR count). The van der Waals surface area contributed by atoms with E-state index in [9.17, 15) is 9.18 Å². The highest BCUT2D eigenvalue weighted by Crippen LogP contribution is 2.56. The lowest BCUT2D eigenvalue weighted by Gasteiger charge is -2.29. The van der Waals surface area contributed by atoms with Gasteiger partial charge < -0.3 is 10.2 Å². The van der Waals surface area contributed by atoms with Crippen LogP contribution in [-0.2, 0) is 6.54 Å². The molecule has 1 saturated heterocycles. The Bertz CT molecular complexity index is 728. The number of nitrogens with one attached hydrogen (secondary N) is 1. The molecule has 1 atom stereocenters. The number of halogens is 1. The van der Waals surface area contributed by atoms with E-state index in [2.05, 4.69) is 15.7 Å². The van der Waals surface area contributed by atoms with Crippen LogP contribution >= 0.6 is 11.3 Å². The average molecular weight is 345 g/mol. The van der Waals surface area contributed by atoms with Crippen molar-refractivity contribution < 1.29 is 9.18 Å². The maximum Gasteiger partial charge on any atom is 0.257 e. The molecule has 0 bridgehead atoms. The Morgan fingerprint density at radius 2 is 2.25 bits per heavy atom. The first-order valence-corrected chi connectivity index (χ1v) is 9.26. The number of amides is 1. The van der Waals surface area contributed by atoms with Crippen molar-refractivity contribution in [2.75, 3.05) is 13.1 Å². The molecule has 2 aromatic heterocycles. The van der Waals surface area contributed by atoms with E-state index in [1.807, 2.05) is 16.3 Å². The highest BCUT2D eigenvalue weighted by atomic mass is 32.1. The predicted molar refractivity (Wildman–Crippen MR) is 91.3 cm³/mol. The van der Waals surface area contributed by atoms with E-state index in [1.54, 1.807) is 11.3 Å². The summed E-state index contributed by atoms with van der Waals surface area (Å²) in [6.07, 6.45) is 5.79. The van der Waals surface area contributed by atoms with Gasteiger partial charge in [-0.25, -0.2) is 4.39 Å². The lowest BCUT2D eigenvalue weighted by atomic mass is 9.93. The van der Waals surface area contributed by atoms with E-state index in [1.165, 1.54) is 12.3 Å². The molecule has 1 amide bonds. The average Bonchev–Trinajstić information content (AvgIpc) is 3.04. The fourth-order valence-electron chi connectivity index (χ4n) is 3.84. The minimum Gasteiger partial charge on any atom is -0.331 e. The van der Waals surface area contributed by atoms with Crippen molar-refractivity contribution in [3.8, 4) is 0 Å². The second kappa shape index (κ2) is 6.26. The zero-order chi connectivity index (χ0) is 16.6. The molecular weight excluding hydrogens is 325 g/mol. The summed E-state index contributed by atoms with van der Waals surface area (Å²) in [5.74, 6) is -0.765. The number of nitrogens with zero attached hydrogens (tertiary/aromatic N) is 2. The third kappa shape index (κ3) is 2.84. The van der Waals surface area contributed by atoms with Gasteiger partial charge in [-0.15, -0.1) is 0 Å². The maximum absolute atomic E-state index is 14.1. The maximum atomic E-state index is 14.1. The Balaban J connectivity index is 1.61. The number of carbonyl (C=O) groups excluding carboxylic acids is 1. The highest BCUT2D eigenvalue weighted by molar-refractivity contribution is 7.07. The summed E-state index contributed by atoms with van der Waals surface area (Å²) >= 11 is 1.62. The van der Waals surface area contributed by atoms with Gasteiger partial charge in [0.25, 0.3) is 5.91 Å².